The predicted molar refractivity (Wildman–Crippen MR) is 111 cm³/mol. The minimum absolute atomic E-state index is 0.591. The number of ether oxygens (including phenoxy) is 1. The van der Waals surface area contributed by atoms with Crippen molar-refractivity contribution in [2.45, 2.75) is 20.3 Å². The molecule has 0 spiro atoms. The zero-order chi connectivity index (χ0) is 19.1. The minimum Gasteiger partial charge on any atom is -0.492 e. The maximum atomic E-state index is 6.03. The van der Waals surface area contributed by atoms with Crippen LogP contribution in [0.25, 0.3) is 0 Å². The molecule has 0 aliphatic heterocycles. The molecular formula is C21H23ClN4O. The highest BCUT2D eigenvalue weighted by molar-refractivity contribution is 6.30. The van der Waals surface area contributed by atoms with Gasteiger partial charge in [0, 0.05) is 23.3 Å². The highest BCUT2D eigenvalue weighted by atomic mass is 35.5. The van der Waals surface area contributed by atoms with E-state index in [2.05, 4.69) is 26.7 Å². The third kappa shape index (κ3) is 5.59. The highest BCUT2D eigenvalue weighted by Gasteiger charge is 2.06. The normalized spacial score (nSPS) is 10.5. The summed E-state index contributed by atoms with van der Waals surface area (Å²) in [5, 5.41) is 7.35. The topological polar surface area (TPSA) is 59.1 Å². The molecule has 6 heteroatoms. The Kier molecular flexibility index (Phi) is 6.49. The zero-order valence-electron chi connectivity index (χ0n) is 15.5. The molecule has 2 N–H and O–H groups in total. The molecule has 1 aromatic heterocycles. The molecule has 27 heavy (non-hydrogen) atoms. The van der Waals surface area contributed by atoms with Crippen molar-refractivity contribution in [3.63, 3.8) is 0 Å². The number of hydrogen-bond acceptors (Lipinski definition) is 5. The van der Waals surface area contributed by atoms with E-state index in [1.165, 1.54) is 5.56 Å². The van der Waals surface area contributed by atoms with Crippen molar-refractivity contribution in [3.05, 3.63) is 70.9 Å². The molecule has 0 saturated carbocycles. The number of aromatic nitrogens is 2. The lowest BCUT2D eigenvalue weighted by molar-refractivity contribution is 0.342. The van der Waals surface area contributed by atoms with Gasteiger partial charge in [-0.3, -0.25) is 0 Å². The van der Waals surface area contributed by atoms with Gasteiger partial charge in [0.25, 0.3) is 0 Å². The molecule has 1 heterocycles. The van der Waals surface area contributed by atoms with Crippen molar-refractivity contribution in [2.24, 2.45) is 0 Å². The summed E-state index contributed by atoms with van der Waals surface area (Å²) in [5.74, 6) is 2.11. The van der Waals surface area contributed by atoms with Gasteiger partial charge in [0.15, 0.2) is 0 Å². The zero-order valence-corrected chi connectivity index (χ0v) is 16.3. The fraction of sp³-hybridized carbons (Fsp3) is 0.238. The van der Waals surface area contributed by atoms with Crippen molar-refractivity contribution in [2.75, 3.05) is 23.8 Å². The Morgan fingerprint density at radius 1 is 1.04 bits per heavy atom. The number of benzene rings is 2. The first-order valence-electron chi connectivity index (χ1n) is 8.97. The van der Waals surface area contributed by atoms with Crippen LogP contribution in [-0.4, -0.2) is 23.1 Å². The van der Waals surface area contributed by atoms with Crippen LogP contribution in [0.3, 0.4) is 0 Å². The summed E-state index contributed by atoms with van der Waals surface area (Å²) >= 11 is 6.03. The molecule has 3 rings (SSSR count). The Balaban J connectivity index is 1.67. The van der Waals surface area contributed by atoms with Crippen LogP contribution in [0.4, 0.5) is 17.5 Å². The molecule has 0 saturated heterocycles. The smallest absolute Gasteiger partial charge is 0.224 e. The second kappa shape index (κ2) is 9.24. The molecule has 0 amide bonds. The van der Waals surface area contributed by atoms with Gasteiger partial charge in [-0.1, -0.05) is 35.9 Å². The Morgan fingerprint density at radius 2 is 1.89 bits per heavy atom. The lowest BCUT2D eigenvalue weighted by Crippen LogP contribution is -2.10. The van der Waals surface area contributed by atoms with Crippen LogP contribution in [0, 0.1) is 6.92 Å². The number of halogens is 1. The van der Waals surface area contributed by atoms with Gasteiger partial charge in [0.1, 0.15) is 11.6 Å². The summed E-state index contributed by atoms with van der Waals surface area (Å²) in [6.07, 6.45) is 0.841. The first-order valence-corrected chi connectivity index (χ1v) is 9.34. The number of rotatable bonds is 8. The fourth-order valence-corrected chi connectivity index (χ4v) is 2.92. The quantitative estimate of drug-likeness (QED) is 0.558. The largest absolute Gasteiger partial charge is 0.492 e. The van der Waals surface area contributed by atoms with Crippen molar-refractivity contribution in [1.82, 2.24) is 9.97 Å². The molecule has 140 valence electrons. The summed E-state index contributed by atoms with van der Waals surface area (Å²) in [4.78, 5) is 9.03. The summed E-state index contributed by atoms with van der Waals surface area (Å²) in [6.45, 7) is 5.24. The third-order valence-electron chi connectivity index (χ3n) is 3.89. The molecular weight excluding hydrogens is 360 g/mol. The van der Waals surface area contributed by atoms with Crippen molar-refractivity contribution < 1.29 is 4.74 Å². The first kappa shape index (κ1) is 19.0. The standard InChI is InChI=1S/C21H23ClN4O/c1-3-27-19-10-5-4-9-18(19)25-20-13-15(2)24-21(26-20)23-12-11-16-7-6-8-17(22)14-16/h4-10,13-14H,3,11-12H2,1-2H3,(H2,23,24,25,26). The van der Waals surface area contributed by atoms with Crippen LogP contribution in [0.15, 0.2) is 54.6 Å². The number of anilines is 3. The molecule has 5 nitrogen and oxygen atoms in total. The van der Waals surface area contributed by atoms with Crippen LogP contribution >= 0.6 is 11.6 Å². The molecule has 2 aromatic carbocycles. The summed E-state index contributed by atoms with van der Waals surface area (Å²) in [5.41, 5.74) is 2.93. The Bertz CT molecular complexity index is 901. The maximum absolute atomic E-state index is 6.03. The summed E-state index contributed by atoms with van der Waals surface area (Å²) in [6, 6.07) is 17.6. The number of aryl methyl sites for hydroxylation is 1. The van der Waals surface area contributed by atoms with E-state index >= 15 is 0 Å². The first-order chi connectivity index (χ1) is 13.1. The van der Waals surface area contributed by atoms with E-state index < -0.39 is 0 Å². The Labute approximate surface area is 164 Å². The molecule has 0 aliphatic carbocycles. The van der Waals surface area contributed by atoms with Gasteiger partial charge in [-0.2, -0.15) is 4.98 Å². The van der Waals surface area contributed by atoms with E-state index in [0.29, 0.717) is 12.6 Å². The van der Waals surface area contributed by atoms with Crippen molar-refractivity contribution >= 4 is 29.1 Å². The van der Waals surface area contributed by atoms with Crippen LogP contribution < -0.4 is 15.4 Å². The van der Waals surface area contributed by atoms with E-state index in [-0.39, 0.29) is 0 Å². The Hall–Kier alpha value is -2.79. The van der Waals surface area contributed by atoms with Crippen LogP contribution in [0.1, 0.15) is 18.2 Å². The van der Waals surface area contributed by atoms with E-state index in [0.717, 1.165) is 40.9 Å². The second-order valence-electron chi connectivity index (χ2n) is 6.08. The molecule has 0 unspecified atom stereocenters. The number of nitrogens with one attached hydrogen (secondary N) is 2. The minimum atomic E-state index is 0.591. The molecule has 0 aliphatic rings. The SMILES string of the molecule is CCOc1ccccc1Nc1cc(C)nc(NCCc2cccc(Cl)c2)n1. The van der Waals surface area contributed by atoms with Crippen LogP contribution in [-0.2, 0) is 6.42 Å². The van der Waals surface area contributed by atoms with Crippen molar-refractivity contribution in [3.8, 4) is 5.75 Å². The van der Waals surface area contributed by atoms with E-state index in [9.17, 15) is 0 Å². The fourth-order valence-electron chi connectivity index (χ4n) is 2.71. The third-order valence-corrected chi connectivity index (χ3v) is 4.12. The van der Waals surface area contributed by atoms with Gasteiger partial charge in [-0.15, -0.1) is 0 Å². The Morgan fingerprint density at radius 3 is 2.70 bits per heavy atom. The summed E-state index contributed by atoms with van der Waals surface area (Å²) in [7, 11) is 0. The van der Waals surface area contributed by atoms with E-state index in [4.69, 9.17) is 16.3 Å². The lowest BCUT2D eigenvalue weighted by atomic mass is 10.1. The number of nitrogens with zero attached hydrogens (tertiary/aromatic N) is 2. The van der Waals surface area contributed by atoms with E-state index in [1.54, 1.807) is 0 Å². The van der Waals surface area contributed by atoms with Crippen LogP contribution in [0.5, 0.6) is 5.75 Å². The average molecular weight is 383 g/mol. The molecule has 0 atom stereocenters. The lowest BCUT2D eigenvalue weighted by Gasteiger charge is -2.13. The van der Waals surface area contributed by atoms with Gasteiger partial charge in [-0.25, -0.2) is 4.98 Å². The molecule has 3 aromatic rings. The highest BCUT2D eigenvalue weighted by Crippen LogP contribution is 2.27. The molecule has 0 radical (unpaired) electrons. The van der Waals surface area contributed by atoms with Gasteiger partial charge in [-0.05, 0) is 50.1 Å². The second-order valence-corrected chi connectivity index (χ2v) is 6.52. The maximum Gasteiger partial charge on any atom is 0.224 e. The van der Waals surface area contributed by atoms with Gasteiger partial charge < -0.3 is 15.4 Å². The molecule has 0 fully saturated rings. The number of para-hydroxylation sites is 2. The summed E-state index contributed by atoms with van der Waals surface area (Å²) < 4.78 is 5.66. The van der Waals surface area contributed by atoms with Gasteiger partial charge in [0.2, 0.25) is 5.95 Å². The molecule has 0 bridgehead atoms. The van der Waals surface area contributed by atoms with Crippen LogP contribution in [0.2, 0.25) is 5.02 Å². The van der Waals surface area contributed by atoms with Crippen molar-refractivity contribution in [1.29, 1.82) is 0 Å². The van der Waals surface area contributed by atoms with Gasteiger partial charge in [0.05, 0.1) is 12.3 Å². The van der Waals surface area contributed by atoms with Gasteiger partial charge >= 0.3 is 0 Å². The number of hydrogen-bond donors (Lipinski definition) is 2. The monoisotopic (exact) mass is 382 g/mol. The van der Waals surface area contributed by atoms with E-state index in [1.807, 2.05) is 62.4 Å². The predicted octanol–water partition coefficient (Wildman–Crippen LogP) is 5.24. The average Bonchev–Trinajstić information content (AvgIpc) is 2.63.